The lowest BCUT2D eigenvalue weighted by Gasteiger charge is -2.07. The molecule has 0 saturated heterocycles. The number of hydrogen-bond donors (Lipinski definition) is 1. The molecule has 0 aromatic carbocycles. The van der Waals surface area contributed by atoms with Crippen LogP contribution in [-0.4, -0.2) is 28.0 Å². The zero-order chi connectivity index (χ0) is 9.40. The first-order valence-electron chi connectivity index (χ1n) is 3.56. The lowest BCUT2D eigenvalue weighted by Crippen LogP contribution is -2.06. The molecule has 68 valence electrons. The standard InChI is InChI=1S/C8H12O2S2/c1-7(2)10-8(11)12-6-4-3-5-9/h7,9H,5-6H2,1-2H3. The van der Waals surface area contributed by atoms with Gasteiger partial charge in [0.15, 0.2) is 0 Å². The largest absolute Gasteiger partial charge is 0.476 e. The van der Waals surface area contributed by atoms with Crippen LogP contribution in [0, 0.1) is 11.8 Å². The van der Waals surface area contributed by atoms with E-state index in [0.717, 1.165) is 0 Å². The highest BCUT2D eigenvalue weighted by molar-refractivity contribution is 8.22. The second-order valence-electron chi connectivity index (χ2n) is 2.22. The quantitative estimate of drug-likeness (QED) is 0.544. The molecule has 0 heterocycles. The zero-order valence-electron chi connectivity index (χ0n) is 7.16. The van der Waals surface area contributed by atoms with Gasteiger partial charge in [0, 0.05) is 0 Å². The van der Waals surface area contributed by atoms with Crippen LogP contribution in [0.1, 0.15) is 13.8 Å². The number of aliphatic hydroxyl groups excluding tert-OH is 1. The molecule has 12 heavy (non-hydrogen) atoms. The molecule has 0 aliphatic rings. The molecule has 0 saturated carbocycles. The molecule has 0 aromatic rings. The predicted molar refractivity (Wildman–Crippen MR) is 56.1 cm³/mol. The summed E-state index contributed by atoms with van der Waals surface area (Å²) < 4.78 is 5.71. The third-order valence-corrected chi connectivity index (χ3v) is 1.87. The monoisotopic (exact) mass is 204 g/mol. The fraction of sp³-hybridized carbons (Fsp3) is 0.625. The van der Waals surface area contributed by atoms with Crippen molar-refractivity contribution in [3.63, 3.8) is 0 Å². The van der Waals surface area contributed by atoms with Crippen molar-refractivity contribution < 1.29 is 9.84 Å². The third kappa shape index (κ3) is 7.86. The van der Waals surface area contributed by atoms with E-state index in [1.165, 1.54) is 11.8 Å². The van der Waals surface area contributed by atoms with Crippen LogP contribution in [0.5, 0.6) is 0 Å². The van der Waals surface area contributed by atoms with Gasteiger partial charge in [-0.05, 0) is 26.1 Å². The predicted octanol–water partition coefficient (Wildman–Crippen LogP) is 1.43. The summed E-state index contributed by atoms with van der Waals surface area (Å²) in [6.45, 7) is 3.75. The summed E-state index contributed by atoms with van der Waals surface area (Å²) in [6.07, 6.45) is 0.121. The Morgan fingerprint density at radius 2 is 2.25 bits per heavy atom. The molecule has 0 bridgehead atoms. The maximum Gasteiger partial charge on any atom is 0.221 e. The second-order valence-corrected chi connectivity index (χ2v) is 3.79. The maximum absolute atomic E-state index is 8.33. The van der Waals surface area contributed by atoms with Gasteiger partial charge in [0.25, 0.3) is 0 Å². The van der Waals surface area contributed by atoms with Gasteiger partial charge in [0.05, 0.1) is 11.9 Å². The number of thiocarbonyl (C=S) groups is 1. The topological polar surface area (TPSA) is 29.5 Å². The minimum absolute atomic E-state index is 0.0988. The van der Waals surface area contributed by atoms with Crippen LogP contribution >= 0.6 is 24.0 Å². The SMILES string of the molecule is CC(C)OC(=S)SCC#CCO. The van der Waals surface area contributed by atoms with Gasteiger partial charge in [0.1, 0.15) is 6.61 Å². The summed E-state index contributed by atoms with van der Waals surface area (Å²) in [5, 5.41) is 8.33. The van der Waals surface area contributed by atoms with Crippen molar-refractivity contribution in [2.24, 2.45) is 0 Å². The number of rotatable bonds is 2. The van der Waals surface area contributed by atoms with Gasteiger partial charge >= 0.3 is 0 Å². The van der Waals surface area contributed by atoms with Gasteiger partial charge in [-0.3, -0.25) is 0 Å². The lowest BCUT2D eigenvalue weighted by atomic mass is 10.5. The molecule has 0 aromatic heterocycles. The fourth-order valence-electron chi connectivity index (χ4n) is 0.428. The van der Waals surface area contributed by atoms with Crippen molar-refractivity contribution in [3.8, 4) is 11.8 Å². The summed E-state index contributed by atoms with van der Waals surface area (Å²) in [5.41, 5.74) is 0. The average molecular weight is 204 g/mol. The summed E-state index contributed by atoms with van der Waals surface area (Å²) in [6, 6.07) is 0. The van der Waals surface area contributed by atoms with Crippen molar-refractivity contribution in [3.05, 3.63) is 0 Å². The third-order valence-electron chi connectivity index (χ3n) is 0.798. The molecule has 4 heteroatoms. The van der Waals surface area contributed by atoms with E-state index in [2.05, 4.69) is 11.8 Å². The Morgan fingerprint density at radius 1 is 1.58 bits per heavy atom. The van der Waals surface area contributed by atoms with E-state index < -0.39 is 0 Å². The Balaban J connectivity index is 3.44. The minimum Gasteiger partial charge on any atom is -0.476 e. The summed E-state index contributed by atoms with van der Waals surface area (Å²) >= 11 is 6.26. The highest BCUT2D eigenvalue weighted by Crippen LogP contribution is 2.06. The molecule has 0 aliphatic carbocycles. The van der Waals surface area contributed by atoms with Crippen LogP contribution in [0.25, 0.3) is 0 Å². The Kier molecular flexibility index (Phi) is 7.26. The Morgan fingerprint density at radius 3 is 2.75 bits per heavy atom. The molecule has 0 unspecified atom stereocenters. The van der Waals surface area contributed by atoms with E-state index in [1.54, 1.807) is 0 Å². The summed E-state index contributed by atoms with van der Waals surface area (Å²) in [7, 11) is 0. The molecule has 0 amide bonds. The first kappa shape index (κ1) is 11.8. The van der Waals surface area contributed by atoms with Crippen LogP contribution in [0.2, 0.25) is 0 Å². The Hall–Kier alpha value is -0.240. The summed E-state index contributed by atoms with van der Waals surface area (Å²) in [4.78, 5) is 0. The van der Waals surface area contributed by atoms with E-state index in [1.807, 2.05) is 13.8 Å². The molecule has 0 rings (SSSR count). The second kappa shape index (κ2) is 7.41. The maximum atomic E-state index is 8.33. The lowest BCUT2D eigenvalue weighted by molar-refractivity contribution is 0.243. The van der Waals surface area contributed by atoms with Crippen molar-refractivity contribution >= 4 is 28.4 Å². The van der Waals surface area contributed by atoms with E-state index in [4.69, 9.17) is 22.1 Å². The van der Waals surface area contributed by atoms with Crippen LogP contribution in [0.15, 0.2) is 0 Å². The smallest absolute Gasteiger partial charge is 0.221 e. The number of thioether (sulfide) groups is 1. The van der Waals surface area contributed by atoms with Gasteiger partial charge in [-0.2, -0.15) is 0 Å². The molecule has 0 aliphatic heterocycles. The molecule has 0 radical (unpaired) electrons. The molecular weight excluding hydrogens is 192 g/mol. The van der Waals surface area contributed by atoms with E-state index in [9.17, 15) is 0 Å². The van der Waals surface area contributed by atoms with E-state index >= 15 is 0 Å². The van der Waals surface area contributed by atoms with Crippen LogP contribution in [0.4, 0.5) is 0 Å². The zero-order valence-corrected chi connectivity index (χ0v) is 8.80. The van der Waals surface area contributed by atoms with Crippen molar-refractivity contribution in [1.82, 2.24) is 0 Å². The van der Waals surface area contributed by atoms with Gasteiger partial charge in [-0.1, -0.05) is 23.6 Å². The van der Waals surface area contributed by atoms with E-state index in [0.29, 0.717) is 10.1 Å². The van der Waals surface area contributed by atoms with Crippen LogP contribution in [-0.2, 0) is 4.74 Å². The number of ether oxygens (including phenoxy) is 1. The first-order valence-corrected chi connectivity index (χ1v) is 4.96. The highest BCUT2D eigenvalue weighted by Gasteiger charge is 1.99. The minimum atomic E-state index is -0.0988. The molecule has 0 spiro atoms. The van der Waals surface area contributed by atoms with Gasteiger partial charge < -0.3 is 9.84 Å². The molecule has 1 N–H and O–H groups in total. The van der Waals surface area contributed by atoms with Crippen LogP contribution in [0.3, 0.4) is 0 Å². The normalized spacial score (nSPS) is 9.00. The van der Waals surface area contributed by atoms with Crippen molar-refractivity contribution in [2.45, 2.75) is 20.0 Å². The average Bonchev–Trinajstić information content (AvgIpc) is 1.97. The van der Waals surface area contributed by atoms with Crippen molar-refractivity contribution in [2.75, 3.05) is 12.4 Å². The van der Waals surface area contributed by atoms with Crippen molar-refractivity contribution in [1.29, 1.82) is 0 Å². The molecular formula is C8H12O2S2. The van der Waals surface area contributed by atoms with E-state index in [-0.39, 0.29) is 12.7 Å². The number of hydrogen-bond acceptors (Lipinski definition) is 4. The van der Waals surface area contributed by atoms with Gasteiger partial charge in [0.2, 0.25) is 4.38 Å². The molecule has 0 fully saturated rings. The number of aliphatic hydroxyl groups is 1. The van der Waals surface area contributed by atoms with Gasteiger partial charge in [-0.15, -0.1) is 0 Å². The van der Waals surface area contributed by atoms with Gasteiger partial charge in [-0.25, -0.2) is 0 Å². The molecule has 0 atom stereocenters. The van der Waals surface area contributed by atoms with Crippen LogP contribution < -0.4 is 0 Å². The summed E-state index contributed by atoms with van der Waals surface area (Å²) in [5.74, 6) is 5.84. The first-order chi connectivity index (χ1) is 5.66. The highest BCUT2D eigenvalue weighted by atomic mass is 32.2. The molecule has 2 nitrogen and oxygen atoms in total. The Bertz CT molecular complexity index is 191. The fourth-order valence-corrected chi connectivity index (χ4v) is 1.35. The Labute approximate surface area is 82.7 Å².